The van der Waals surface area contributed by atoms with Crippen LogP contribution in [0.5, 0.6) is 0 Å². The van der Waals surface area contributed by atoms with E-state index in [-0.39, 0.29) is 5.91 Å². The number of thiocarbonyl (C=S) groups is 1. The summed E-state index contributed by atoms with van der Waals surface area (Å²) < 4.78 is 0. The lowest BCUT2D eigenvalue weighted by Gasteiger charge is -2.30. The molecule has 1 fully saturated rings. The Morgan fingerprint density at radius 2 is 1.90 bits per heavy atom. The van der Waals surface area contributed by atoms with E-state index in [0.717, 1.165) is 44.1 Å². The van der Waals surface area contributed by atoms with Gasteiger partial charge < -0.3 is 11.1 Å². The van der Waals surface area contributed by atoms with Crippen molar-refractivity contribution in [2.45, 2.75) is 45.4 Å². The number of nitrogens with two attached hydrogens (primary N) is 1. The molecule has 0 atom stereocenters. The molecule has 2 rings (SSSR count). The minimum atomic E-state index is -0.719. The van der Waals surface area contributed by atoms with E-state index in [2.05, 4.69) is 5.32 Å². The van der Waals surface area contributed by atoms with E-state index in [1.807, 2.05) is 19.1 Å². The molecule has 0 radical (unpaired) electrons. The summed E-state index contributed by atoms with van der Waals surface area (Å²) in [6, 6.07) is 5.50. The number of carbonyl (C=O) groups is 1. The molecular formula is C16H21ClN2OS. The molecule has 1 saturated carbocycles. The fourth-order valence-corrected chi connectivity index (χ4v) is 3.32. The number of anilines is 1. The van der Waals surface area contributed by atoms with Crippen LogP contribution in [0.4, 0.5) is 5.69 Å². The van der Waals surface area contributed by atoms with Gasteiger partial charge >= 0.3 is 0 Å². The molecular weight excluding hydrogens is 304 g/mol. The summed E-state index contributed by atoms with van der Waals surface area (Å²) in [5, 5.41) is 3.58. The van der Waals surface area contributed by atoms with Gasteiger partial charge in [0.1, 0.15) is 0 Å². The molecule has 0 unspecified atom stereocenters. The van der Waals surface area contributed by atoms with Gasteiger partial charge in [0.2, 0.25) is 5.91 Å². The van der Waals surface area contributed by atoms with Crippen molar-refractivity contribution in [3.8, 4) is 0 Å². The van der Waals surface area contributed by atoms with Crippen molar-refractivity contribution in [1.29, 1.82) is 0 Å². The number of benzene rings is 1. The highest BCUT2D eigenvalue weighted by Gasteiger charge is 2.41. The molecule has 0 heterocycles. The lowest BCUT2D eigenvalue weighted by atomic mass is 9.79. The van der Waals surface area contributed by atoms with Gasteiger partial charge in [0.15, 0.2) is 0 Å². The molecule has 114 valence electrons. The van der Waals surface area contributed by atoms with E-state index in [0.29, 0.717) is 15.7 Å². The molecule has 0 spiro atoms. The van der Waals surface area contributed by atoms with Crippen LogP contribution in [-0.2, 0) is 4.79 Å². The first-order valence-corrected chi connectivity index (χ1v) is 8.12. The monoisotopic (exact) mass is 324 g/mol. The highest BCUT2D eigenvalue weighted by atomic mass is 35.5. The molecule has 1 amide bonds. The highest BCUT2D eigenvalue weighted by molar-refractivity contribution is 7.80. The average Bonchev–Trinajstić information content (AvgIpc) is 2.69. The quantitative estimate of drug-likeness (QED) is 0.646. The number of hydrogen-bond donors (Lipinski definition) is 2. The number of nitrogens with one attached hydrogen (secondary N) is 1. The van der Waals surface area contributed by atoms with Crippen LogP contribution in [0.1, 0.15) is 44.1 Å². The standard InChI is InChI=1S/C16H21ClN2OS/c1-11-6-7-12(10-13(11)17)19-15(20)16(14(18)21)8-4-2-3-5-9-16/h6-7,10H,2-5,8-9H2,1H3,(H2,18,21)(H,19,20). The van der Waals surface area contributed by atoms with E-state index in [9.17, 15) is 4.79 Å². The molecule has 0 saturated heterocycles. The fourth-order valence-electron chi connectivity index (χ4n) is 2.84. The number of hydrogen-bond acceptors (Lipinski definition) is 2. The molecule has 3 nitrogen and oxygen atoms in total. The van der Waals surface area contributed by atoms with Gasteiger partial charge in [0.25, 0.3) is 0 Å². The topological polar surface area (TPSA) is 55.1 Å². The second-order valence-corrected chi connectivity index (χ2v) is 6.63. The Bertz CT molecular complexity index is 551. The first kappa shape index (κ1) is 16.2. The van der Waals surface area contributed by atoms with Gasteiger partial charge in [-0.2, -0.15) is 0 Å². The van der Waals surface area contributed by atoms with E-state index in [1.54, 1.807) is 6.07 Å². The molecule has 0 aliphatic heterocycles. The van der Waals surface area contributed by atoms with Crippen molar-refractivity contribution in [3.63, 3.8) is 0 Å². The largest absolute Gasteiger partial charge is 0.392 e. The van der Waals surface area contributed by atoms with Crippen LogP contribution >= 0.6 is 23.8 Å². The first-order valence-electron chi connectivity index (χ1n) is 7.33. The number of amides is 1. The van der Waals surface area contributed by atoms with Crippen LogP contribution in [0.25, 0.3) is 0 Å². The Kier molecular flexibility index (Phi) is 5.22. The third-order valence-corrected chi connectivity index (χ3v) is 5.09. The van der Waals surface area contributed by atoms with Gasteiger partial charge in [-0.05, 0) is 37.5 Å². The predicted molar refractivity (Wildman–Crippen MR) is 91.7 cm³/mol. The maximum absolute atomic E-state index is 12.8. The Morgan fingerprint density at radius 3 is 2.43 bits per heavy atom. The third-order valence-electron chi connectivity index (χ3n) is 4.29. The molecule has 1 aromatic carbocycles. The zero-order chi connectivity index (χ0) is 15.5. The minimum Gasteiger partial charge on any atom is -0.392 e. The normalized spacial score (nSPS) is 17.8. The second kappa shape index (κ2) is 6.75. The molecule has 3 N–H and O–H groups in total. The summed E-state index contributed by atoms with van der Waals surface area (Å²) in [5.41, 5.74) is 6.88. The molecule has 0 aromatic heterocycles. The highest BCUT2D eigenvalue weighted by Crippen LogP contribution is 2.37. The summed E-state index contributed by atoms with van der Waals surface area (Å²) in [6.45, 7) is 1.93. The van der Waals surface area contributed by atoms with Crippen LogP contribution in [0.2, 0.25) is 5.02 Å². The van der Waals surface area contributed by atoms with Crippen LogP contribution in [0, 0.1) is 12.3 Å². The summed E-state index contributed by atoms with van der Waals surface area (Å²) in [6.07, 6.45) is 5.70. The first-order chi connectivity index (χ1) is 9.95. The summed E-state index contributed by atoms with van der Waals surface area (Å²) in [7, 11) is 0. The number of aryl methyl sites for hydroxylation is 1. The third kappa shape index (κ3) is 3.55. The maximum atomic E-state index is 12.8. The van der Waals surface area contributed by atoms with Gasteiger partial charge in [-0.3, -0.25) is 4.79 Å². The maximum Gasteiger partial charge on any atom is 0.237 e. The van der Waals surface area contributed by atoms with Crippen molar-refractivity contribution in [2.75, 3.05) is 5.32 Å². The summed E-state index contributed by atoms with van der Waals surface area (Å²) in [4.78, 5) is 13.1. The van der Waals surface area contributed by atoms with Gasteiger partial charge in [-0.25, -0.2) is 0 Å². The fraction of sp³-hybridized carbons (Fsp3) is 0.500. The molecule has 1 aliphatic rings. The molecule has 1 aliphatic carbocycles. The van der Waals surface area contributed by atoms with Gasteiger partial charge in [-0.15, -0.1) is 0 Å². The van der Waals surface area contributed by atoms with Gasteiger partial charge in [0, 0.05) is 10.7 Å². The van der Waals surface area contributed by atoms with Crippen molar-refractivity contribution < 1.29 is 4.79 Å². The smallest absolute Gasteiger partial charge is 0.237 e. The molecule has 1 aromatic rings. The van der Waals surface area contributed by atoms with Crippen molar-refractivity contribution in [3.05, 3.63) is 28.8 Å². The van der Waals surface area contributed by atoms with E-state index in [4.69, 9.17) is 29.6 Å². The minimum absolute atomic E-state index is 0.100. The Hall–Kier alpha value is -1.13. The van der Waals surface area contributed by atoms with Crippen LogP contribution in [0.3, 0.4) is 0 Å². The van der Waals surface area contributed by atoms with Gasteiger partial charge in [-0.1, -0.05) is 55.6 Å². The van der Waals surface area contributed by atoms with E-state index in [1.165, 1.54) is 0 Å². The molecule has 21 heavy (non-hydrogen) atoms. The van der Waals surface area contributed by atoms with Crippen molar-refractivity contribution in [2.24, 2.45) is 11.1 Å². The zero-order valence-electron chi connectivity index (χ0n) is 12.2. The zero-order valence-corrected chi connectivity index (χ0v) is 13.8. The molecule has 0 bridgehead atoms. The average molecular weight is 325 g/mol. The van der Waals surface area contributed by atoms with Crippen molar-refractivity contribution in [1.82, 2.24) is 0 Å². The second-order valence-electron chi connectivity index (χ2n) is 5.78. The van der Waals surface area contributed by atoms with E-state index >= 15 is 0 Å². The van der Waals surface area contributed by atoms with Crippen LogP contribution in [-0.4, -0.2) is 10.9 Å². The number of halogens is 1. The molecule has 5 heteroatoms. The summed E-state index contributed by atoms with van der Waals surface area (Å²) in [5.74, 6) is -0.100. The number of rotatable bonds is 3. The van der Waals surface area contributed by atoms with Gasteiger partial charge in [0.05, 0.1) is 10.4 Å². The van der Waals surface area contributed by atoms with E-state index < -0.39 is 5.41 Å². The van der Waals surface area contributed by atoms with Crippen LogP contribution in [0.15, 0.2) is 18.2 Å². The predicted octanol–water partition coefficient (Wildman–Crippen LogP) is 4.21. The Balaban J connectivity index is 2.22. The Morgan fingerprint density at radius 1 is 1.29 bits per heavy atom. The SMILES string of the molecule is Cc1ccc(NC(=O)C2(C(N)=S)CCCCCC2)cc1Cl. The summed E-state index contributed by atoms with van der Waals surface area (Å²) >= 11 is 11.3. The van der Waals surface area contributed by atoms with Crippen molar-refractivity contribution >= 4 is 40.4 Å². The van der Waals surface area contributed by atoms with Crippen LogP contribution < -0.4 is 11.1 Å². The lowest BCUT2D eigenvalue weighted by molar-refractivity contribution is -0.122. The lowest BCUT2D eigenvalue weighted by Crippen LogP contribution is -2.45. The Labute approximate surface area is 136 Å². The number of carbonyl (C=O) groups excluding carboxylic acids is 1.